The molecule has 8 heteroatoms. The van der Waals surface area contributed by atoms with E-state index < -0.39 is 5.97 Å². The van der Waals surface area contributed by atoms with Gasteiger partial charge in [-0.2, -0.15) is 0 Å². The summed E-state index contributed by atoms with van der Waals surface area (Å²) in [5, 5.41) is 11.9. The molecule has 0 spiro atoms. The molecule has 2 aromatic carbocycles. The lowest BCUT2D eigenvalue weighted by molar-refractivity contribution is 0.0482. The summed E-state index contributed by atoms with van der Waals surface area (Å²) in [6, 6.07) is 9.19. The number of nitrogens with one attached hydrogen (secondary N) is 1. The quantitative estimate of drug-likeness (QED) is 0.563. The van der Waals surface area contributed by atoms with Crippen LogP contribution in [-0.4, -0.2) is 38.1 Å². The topological polar surface area (TPSA) is 73.9 Å². The molecule has 0 aromatic heterocycles. The van der Waals surface area contributed by atoms with Gasteiger partial charge in [0, 0.05) is 17.3 Å². The van der Waals surface area contributed by atoms with Crippen molar-refractivity contribution in [2.75, 3.05) is 32.7 Å². The molecule has 0 bridgehead atoms. The van der Waals surface area contributed by atoms with Gasteiger partial charge in [0.05, 0.1) is 10.6 Å². The number of anilines is 1. The van der Waals surface area contributed by atoms with Gasteiger partial charge in [0.25, 0.3) is 0 Å². The number of hydrogen-bond donors (Lipinski definition) is 1. The number of carbonyl (C=O) groups is 1. The summed E-state index contributed by atoms with van der Waals surface area (Å²) >= 11 is 11.9. The van der Waals surface area contributed by atoms with Gasteiger partial charge in [-0.25, -0.2) is 4.79 Å². The van der Waals surface area contributed by atoms with Crippen molar-refractivity contribution in [2.24, 2.45) is 0 Å². The Hall–Kier alpha value is -1.99. The second kappa shape index (κ2) is 8.92. The van der Waals surface area contributed by atoms with E-state index in [1.54, 1.807) is 29.7 Å². The minimum absolute atomic E-state index is 0.0799. The number of carbonyl (C=O) groups excluding carboxylic acids is 1. The Morgan fingerprint density at radius 2 is 1.96 bits per heavy atom. The largest absolute Gasteiger partial charge is 0.761 e. The van der Waals surface area contributed by atoms with E-state index in [0.717, 1.165) is 0 Å². The Kier molecular flexibility index (Phi) is 6.90. The summed E-state index contributed by atoms with van der Waals surface area (Å²) < 4.78 is 10.8. The number of likely N-dealkylation sites (N-methyl/N-ethyl adjacent to an activating group) is 1. The number of ether oxygens (including phenoxy) is 2. The van der Waals surface area contributed by atoms with Crippen LogP contribution in [0.25, 0.3) is 0 Å². The molecule has 0 unspecified atom stereocenters. The Balaban J connectivity index is 2.19. The highest BCUT2D eigenvalue weighted by atomic mass is 35.5. The maximum atomic E-state index is 12.2. The fourth-order valence-corrected chi connectivity index (χ4v) is 2.38. The van der Waals surface area contributed by atoms with Crippen molar-refractivity contribution in [3.63, 3.8) is 0 Å². The number of nitrogens with zero attached hydrogens (tertiary/aromatic N) is 1. The van der Waals surface area contributed by atoms with E-state index in [-0.39, 0.29) is 17.9 Å². The first-order chi connectivity index (χ1) is 11.9. The molecule has 0 saturated carbocycles. The van der Waals surface area contributed by atoms with Crippen LogP contribution >= 0.6 is 23.2 Å². The maximum Gasteiger partial charge on any atom is 0.340 e. The summed E-state index contributed by atoms with van der Waals surface area (Å²) in [5.74, 6) is 0.0939. The van der Waals surface area contributed by atoms with Crippen LogP contribution in [0.4, 0.5) is 5.69 Å². The molecule has 0 aliphatic rings. The van der Waals surface area contributed by atoms with Crippen molar-refractivity contribution in [3.05, 3.63) is 57.2 Å². The third-order valence-corrected chi connectivity index (χ3v) is 3.74. The van der Waals surface area contributed by atoms with Crippen LogP contribution in [0.15, 0.2) is 36.4 Å². The van der Waals surface area contributed by atoms with Gasteiger partial charge in [-0.05, 0) is 50.5 Å². The fourth-order valence-electron chi connectivity index (χ4n) is 1.93. The highest BCUT2D eigenvalue weighted by Gasteiger charge is 2.14. The zero-order valence-corrected chi connectivity index (χ0v) is 15.2. The minimum Gasteiger partial charge on any atom is -0.761 e. The van der Waals surface area contributed by atoms with Crippen molar-refractivity contribution in [1.82, 2.24) is 4.90 Å². The van der Waals surface area contributed by atoms with Gasteiger partial charge in [-0.1, -0.05) is 23.2 Å². The van der Waals surface area contributed by atoms with Crippen molar-refractivity contribution < 1.29 is 14.3 Å². The van der Waals surface area contributed by atoms with E-state index in [1.165, 1.54) is 12.1 Å². The summed E-state index contributed by atoms with van der Waals surface area (Å²) in [7, 11) is 3.73. The monoisotopic (exact) mass is 383 g/mol. The van der Waals surface area contributed by atoms with E-state index >= 15 is 0 Å². The molecule has 0 amide bonds. The third kappa shape index (κ3) is 5.51. The SMILES string of the molecule is CN(C)CCOC(=O)c1cc(Oc2ccc(Cl)cc2Cl)ccc1N[O-]. The Labute approximate surface area is 155 Å². The van der Waals surface area contributed by atoms with E-state index in [9.17, 15) is 10.0 Å². The normalized spacial score (nSPS) is 10.6. The van der Waals surface area contributed by atoms with Gasteiger partial charge < -0.3 is 25.1 Å². The van der Waals surface area contributed by atoms with Gasteiger partial charge in [0.1, 0.15) is 18.1 Å². The van der Waals surface area contributed by atoms with Gasteiger partial charge >= 0.3 is 5.97 Å². The minimum atomic E-state index is -0.618. The average molecular weight is 384 g/mol. The van der Waals surface area contributed by atoms with Crippen LogP contribution in [-0.2, 0) is 4.74 Å². The van der Waals surface area contributed by atoms with Gasteiger partial charge in [-0.3, -0.25) is 0 Å². The first-order valence-electron chi connectivity index (χ1n) is 7.37. The van der Waals surface area contributed by atoms with Gasteiger partial charge in [0.2, 0.25) is 0 Å². The molecule has 0 atom stereocenters. The first kappa shape index (κ1) is 19.3. The number of esters is 1. The van der Waals surface area contributed by atoms with Gasteiger partial charge in [-0.15, -0.1) is 0 Å². The highest BCUT2D eigenvalue weighted by Crippen LogP contribution is 2.33. The number of rotatable bonds is 7. The molecular weight excluding hydrogens is 367 g/mol. The molecule has 2 rings (SSSR count). The lowest BCUT2D eigenvalue weighted by Gasteiger charge is -2.17. The van der Waals surface area contributed by atoms with Crippen molar-refractivity contribution in [1.29, 1.82) is 0 Å². The number of halogens is 2. The van der Waals surface area contributed by atoms with E-state index in [1.807, 2.05) is 19.0 Å². The second-order valence-corrected chi connectivity index (χ2v) is 6.27. The molecule has 0 fully saturated rings. The summed E-state index contributed by atoms with van der Waals surface area (Å²) in [4.78, 5) is 14.1. The molecule has 0 radical (unpaired) electrons. The molecule has 25 heavy (non-hydrogen) atoms. The Morgan fingerprint density at radius 3 is 2.60 bits per heavy atom. The van der Waals surface area contributed by atoms with Crippen LogP contribution in [0, 0.1) is 5.21 Å². The van der Waals surface area contributed by atoms with Crippen LogP contribution in [0.2, 0.25) is 10.0 Å². The molecule has 0 aliphatic carbocycles. The van der Waals surface area contributed by atoms with E-state index in [2.05, 4.69) is 0 Å². The van der Waals surface area contributed by atoms with Gasteiger partial charge in [0.15, 0.2) is 0 Å². The fraction of sp³-hybridized carbons (Fsp3) is 0.235. The zero-order valence-electron chi connectivity index (χ0n) is 13.7. The van der Waals surface area contributed by atoms with Crippen LogP contribution in [0.1, 0.15) is 10.4 Å². The predicted molar refractivity (Wildman–Crippen MR) is 98.8 cm³/mol. The third-order valence-electron chi connectivity index (χ3n) is 3.21. The number of benzene rings is 2. The standard InChI is InChI=1S/C17H17Cl2N2O4/c1-21(2)7-8-24-17(22)13-10-12(4-5-15(13)20-23)25-16-6-3-11(18)9-14(16)19/h3-6,9-10,20H,7-8H2,1-2H3/q-1. The second-order valence-electron chi connectivity index (χ2n) is 5.43. The average Bonchev–Trinajstić information content (AvgIpc) is 2.57. The molecular formula is C17H17Cl2N2O4-. The first-order valence-corrected chi connectivity index (χ1v) is 8.13. The Morgan fingerprint density at radius 1 is 1.20 bits per heavy atom. The molecule has 1 N–H and O–H groups in total. The summed E-state index contributed by atoms with van der Waals surface area (Å²) in [6.45, 7) is 0.778. The molecule has 0 aliphatic heterocycles. The molecule has 0 heterocycles. The predicted octanol–water partition coefficient (Wildman–Crippen LogP) is 4.41. The van der Waals surface area contributed by atoms with E-state index in [0.29, 0.717) is 28.1 Å². The summed E-state index contributed by atoms with van der Waals surface area (Å²) in [6.07, 6.45) is 0. The van der Waals surface area contributed by atoms with Crippen molar-refractivity contribution in [2.45, 2.75) is 0 Å². The lowest BCUT2D eigenvalue weighted by atomic mass is 10.1. The lowest BCUT2D eigenvalue weighted by Crippen LogP contribution is -2.20. The molecule has 2 aromatic rings. The van der Waals surface area contributed by atoms with Crippen molar-refractivity contribution >= 4 is 34.9 Å². The smallest absolute Gasteiger partial charge is 0.340 e. The molecule has 134 valence electrons. The Bertz CT molecular complexity index is 753. The summed E-state index contributed by atoms with van der Waals surface area (Å²) in [5.41, 5.74) is 1.91. The molecule has 0 saturated heterocycles. The molecule has 6 nitrogen and oxygen atoms in total. The van der Waals surface area contributed by atoms with E-state index in [4.69, 9.17) is 32.7 Å². The maximum absolute atomic E-state index is 12.2. The van der Waals surface area contributed by atoms with Crippen molar-refractivity contribution in [3.8, 4) is 11.5 Å². The number of hydrogen-bond acceptors (Lipinski definition) is 6. The van der Waals surface area contributed by atoms with Crippen LogP contribution < -0.4 is 10.2 Å². The zero-order chi connectivity index (χ0) is 18.4. The van der Waals surface area contributed by atoms with Crippen LogP contribution in [0.3, 0.4) is 0 Å². The highest BCUT2D eigenvalue weighted by molar-refractivity contribution is 6.35. The van der Waals surface area contributed by atoms with Crippen LogP contribution in [0.5, 0.6) is 11.5 Å².